The highest BCUT2D eigenvalue weighted by molar-refractivity contribution is 5.92. The number of amides is 1. The van der Waals surface area contributed by atoms with Crippen LogP contribution in [0.1, 0.15) is 49.4 Å². The van der Waals surface area contributed by atoms with Crippen molar-refractivity contribution in [2.75, 3.05) is 13.1 Å². The Kier molecular flexibility index (Phi) is 5.18. The van der Waals surface area contributed by atoms with Crippen molar-refractivity contribution in [3.8, 4) is 17.3 Å². The molecule has 3 aromatic rings. The van der Waals surface area contributed by atoms with Gasteiger partial charge in [-0.15, -0.1) is 0 Å². The van der Waals surface area contributed by atoms with Crippen LogP contribution in [-0.2, 0) is 6.42 Å². The quantitative estimate of drug-likeness (QED) is 0.675. The zero-order valence-electron chi connectivity index (χ0n) is 16.2. The van der Waals surface area contributed by atoms with Crippen LogP contribution in [0.4, 0.5) is 0 Å². The van der Waals surface area contributed by atoms with Gasteiger partial charge in [0.25, 0.3) is 11.8 Å². The minimum Gasteiger partial charge on any atom is -0.337 e. The molecule has 1 saturated heterocycles. The number of aromatic nitrogens is 5. The number of nitrogens with zero attached hydrogens (tertiary/aromatic N) is 6. The van der Waals surface area contributed by atoms with E-state index in [9.17, 15) is 4.79 Å². The van der Waals surface area contributed by atoms with Gasteiger partial charge < -0.3 is 9.42 Å². The second-order valence-electron chi connectivity index (χ2n) is 7.33. The summed E-state index contributed by atoms with van der Waals surface area (Å²) >= 11 is 0. The molecule has 3 aromatic heterocycles. The Morgan fingerprint density at radius 2 is 2.25 bits per heavy atom. The fourth-order valence-corrected chi connectivity index (χ4v) is 3.48. The van der Waals surface area contributed by atoms with Crippen molar-refractivity contribution in [3.05, 3.63) is 42.4 Å². The highest BCUT2D eigenvalue weighted by atomic mass is 16.5. The number of imidazole rings is 1. The average Bonchev–Trinajstić information content (AvgIpc) is 3.38. The van der Waals surface area contributed by atoms with E-state index in [0.717, 1.165) is 37.9 Å². The van der Waals surface area contributed by atoms with Gasteiger partial charge >= 0.3 is 0 Å². The lowest BCUT2D eigenvalue weighted by Crippen LogP contribution is -2.39. The Morgan fingerprint density at radius 3 is 3.07 bits per heavy atom. The van der Waals surface area contributed by atoms with Crippen molar-refractivity contribution < 1.29 is 9.32 Å². The first-order valence-electron chi connectivity index (χ1n) is 9.76. The second kappa shape index (κ2) is 7.92. The van der Waals surface area contributed by atoms with E-state index in [2.05, 4.69) is 34.0 Å². The van der Waals surface area contributed by atoms with Gasteiger partial charge in [-0.3, -0.25) is 9.36 Å². The highest BCUT2D eigenvalue weighted by Gasteiger charge is 2.23. The highest BCUT2D eigenvalue weighted by Crippen LogP contribution is 2.21. The van der Waals surface area contributed by atoms with Gasteiger partial charge in [0.05, 0.1) is 0 Å². The largest absolute Gasteiger partial charge is 0.337 e. The molecular weight excluding hydrogens is 356 g/mol. The molecular formula is C20H24N6O2. The third-order valence-corrected chi connectivity index (χ3v) is 4.94. The fourth-order valence-electron chi connectivity index (χ4n) is 3.48. The van der Waals surface area contributed by atoms with Crippen LogP contribution in [0, 0.1) is 5.92 Å². The molecule has 1 unspecified atom stereocenters. The minimum absolute atomic E-state index is 0.0254. The van der Waals surface area contributed by atoms with E-state index in [1.165, 1.54) is 6.42 Å². The number of hydrogen-bond donors (Lipinski definition) is 0. The van der Waals surface area contributed by atoms with Crippen molar-refractivity contribution in [1.82, 2.24) is 29.6 Å². The van der Waals surface area contributed by atoms with Crippen LogP contribution in [0.3, 0.4) is 0 Å². The SMILES string of the molecule is CCCc1noc(-c2ccnc(-n3cnc(C(=O)N4CCCC(C)C4)c3)c2)n1. The summed E-state index contributed by atoms with van der Waals surface area (Å²) in [5.74, 6) is 2.31. The first kappa shape index (κ1) is 18.3. The van der Waals surface area contributed by atoms with E-state index in [4.69, 9.17) is 4.52 Å². The minimum atomic E-state index is -0.0254. The van der Waals surface area contributed by atoms with Gasteiger partial charge in [0.2, 0.25) is 0 Å². The second-order valence-corrected chi connectivity index (χ2v) is 7.33. The standard InChI is InChI=1S/C20H24N6O2/c1-3-5-17-23-19(28-24-17)15-7-8-21-18(10-15)26-12-16(22-13-26)20(27)25-9-4-6-14(2)11-25/h7-8,10,12-14H,3-6,9,11H2,1-2H3. The molecule has 0 aliphatic carbocycles. The van der Waals surface area contributed by atoms with Crippen molar-refractivity contribution in [2.45, 2.75) is 39.5 Å². The summed E-state index contributed by atoms with van der Waals surface area (Å²) in [6.07, 6.45) is 8.98. The third kappa shape index (κ3) is 3.81. The van der Waals surface area contributed by atoms with Crippen molar-refractivity contribution in [3.63, 3.8) is 0 Å². The zero-order valence-corrected chi connectivity index (χ0v) is 16.2. The smallest absolute Gasteiger partial charge is 0.274 e. The maximum Gasteiger partial charge on any atom is 0.274 e. The summed E-state index contributed by atoms with van der Waals surface area (Å²) in [6.45, 7) is 5.83. The predicted molar refractivity (Wildman–Crippen MR) is 103 cm³/mol. The molecule has 1 atom stereocenters. The molecule has 8 nitrogen and oxygen atoms in total. The Bertz CT molecular complexity index is 963. The number of likely N-dealkylation sites (tertiary alicyclic amines) is 1. The molecule has 4 heterocycles. The first-order valence-corrected chi connectivity index (χ1v) is 9.76. The Hall–Kier alpha value is -3.03. The number of aryl methyl sites for hydroxylation is 1. The first-order chi connectivity index (χ1) is 13.6. The number of pyridine rings is 1. The topological polar surface area (TPSA) is 89.9 Å². The summed E-state index contributed by atoms with van der Waals surface area (Å²) in [4.78, 5) is 27.7. The number of carbonyl (C=O) groups excluding carboxylic acids is 1. The van der Waals surface area contributed by atoms with Gasteiger partial charge in [0.15, 0.2) is 5.82 Å². The molecule has 8 heteroatoms. The summed E-state index contributed by atoms with van der Waals surface area (Å²) in [7, 11) is 0. The van der Waals surface area contributed by atoms with Crippen LogP contribution >= 0.6 is 0 Å². The van der Waals surface area contributed by atoms with Crippen molar-refractivity contribution >= 4 is 5.91 Å². The normalized spacial score (nSPS) is 17.1. The van der Waals surface area contributed by atoms with Crippen LogP contribution in [-0.4, -0.2) is 48.6 Å². The van der Waals surface area contributed by atoms with E-state index < -0.39 is 0 Å². The Labute approximate surface area is 163 Å². The van der Waals surface area contributed by atoms with E-state index >= 15 is 0 Å². The predicted octanol–water partition coefficient (Wildman–Crippen LogP) is 3.14. The molecule has 0 spiro atoms. The molecule has 0 radical (unpaired) electrons. The maximum atomic E-state index is 12.7. The van der Waals surface area contributed by atoms with E-state index in [1.54, 1.807) is 23.3 Å². The average molecular weight is 380 g/mol. The van der Waals surface area contributed by atoms with Crippen LogP contribution in [0.2, 0.25) is 0 Å². The van der Waals surface area contributed by atoms with Gasteiger partial charge in [-0.1, -0.05) is 19.0 Å². The van der Waals surface area contributed by atoms with E-state index in [-0.39, 0.29) is 5.91 Å². The third-order valence-electron chi connectivity index (χ3n) is 4.94. The van der Waals surface area contributed by atoms with Gasteiger partial charge in [0, 0.05) is 37.5 Å². The van der Waals surface area contributed by atoms with Crippen LogP contribution < -0.4 is 0 Å². The molecule has 1 aliphatic rings. The lowest BCUT2D eigenvalue weighted by molar-refractivity contribution is 0.0677. The summed E-state index contributed by atoms with van der Waals surface area (Å²) in [5, 5.41) is 3.99. The lowest BCUT2D eigenvalue weighted by atomic mass is 10.0. The van der Waals surface area contributed by atoms with Gasteiger partial charge in [-0.25, -0.2) is 9.97 Å². The summed E-state index contributed by atoms with van der Waals surface area (Å²) in [5.41, 5.74) is 1.22. The molecule has 28 heavy (non-hydrogen) atoms. The summed E-state index contributed by atoms with van der Waals surface area (Å²) < 4.78 is 7.10. The molecule has 1 amide bonds. The molecule has 0 bridgehead atoms. The molecule has 0 aromatic carbocycles. The van der Waals surface area contributed by atoms with Crippen LogP contribution in [0.25, 0.3) is 17.3 Å². The number of hydrogen-bond acceptors (Lipinski definition) is 6. The van der Waals surface area contributed by atoms with Crippen LogP contribution in [0.5, 0.6) is 0 Å². The Balaban J connectivity index is 1.54. The van der Waals surface area contributed by atoms with E-state index in [0.29, 0.717) is 29.1 Å². The number of carbonyl (C=O) groups is 1. The number of rotatable bonds is 5. The van der Waals surface area contributed by atoms with Gasteiger partial charge in [-0.05, 0) is 37.3 Å². The van der Waals surface area contributed by atoms with Gasteiger partial charge in [-0.2, -0.15) is 4.98 Å². The maximum absolute atomic E-state index is 12.7. The molecule has 1 aliphatic heterocycles. The van der Waals surface area contributed by atoms with E-state index in [1.807, 2.05) is 17.0 Å². The van der Waals surface area contributed by atoms with Crippen LogP contribution in [0.15, 0.2) is 35.4 Å². The van der Waals surface area contributed by atoms with Crippen molar-refractivity contribution in [2.24, 2.45) is 5.92 Å². The fraction of sp³-hybridized carbons (Fsp3) is 0.450. The molecule has 0 N–H and O–H groups in total. The monoisotopic (exact) mass is 380 g/mol. The lowest BCUT2D eigenvalue weighted by Gasteiger charge is -2.30. The number of piperidine rings is 1. The van der Waals surface area contributed by atoms with Gasteiger partial charge in [0.1, 0.15) is 17.8 Å². The molecule has 0 saturated carbocycles. The molecule has 4 rings (SSSR count). The molecule has 1 fully saturated rings. The Morgan fingerprint density at radius 1 is 1.36 bits per heavy atom. The zero-order chi connectivity index (χ0) is 19.5. The molecule has 146 valence electrons. The van der Waals surface area contributed by atoms with Crippen molar-refractivity contribution in [1.29, 1.82) is 0 Å². The summed E-state index contributed by atoms with van der Waals surface area (Å²) in [6, 6.07) is 3.67.